The molecule has 0 saturated carbocycles. The van der Waals surface area contributed by atoms with Gasteiger partial charge in [-0.25, -0.2) is 0 Å². The Labute approximate surface area is 71.6 Å². The molecule has 0 fully saturated rings. The van der Waals surface area contributed by atoms with Crippen LogP contribution in [0.1, 0.15) is 13.8 Å². The number of rotatable bonds is 3. The number of aliphatic hydroxyl groups is 1. The van der Waals surface area contributed by atoms with Crippen molar-refractivity contribution in [3.05, 3.63) is 18.3 Å². The summed E-state index contributed by atoms with van der Waals surface area (Å²) in [5.41, 5.74) is -0.351. The van der Waals surface area contributed by atoms with Crippen LogP contribution in [0.4, 0.5) is 5.82 Å². The maximum absolute atomic E-state index is 8.94. The van der Waals surface area contributed by atoms with Crippen LogP contribution in [0.15, 0.2) is 18.3 Å². The Balaban J connectivity index is 2.64. The molecule has 1 aromatic rings. The molecular weight excluding hydrogens is 154 g/mol. The summed E-state index contributed by atoms with van der Waals surface area (Å²) in [6.07, 6.45) is 1.61. The smallest absolute Gasteiger partial charge is 0.149 e. The van der Waals surface area contributed by atoms with Crippen LogP contribution in [0.2, 0.25) is 0 Å². The van der Waals surface area contributed by atoms with Gasteiger partial charge >= 0.3 is 0 Å². The third kappa shape index (κ3) is 2.47. The monoisotopic (exact) mass is 167 g/mol. The van der Waals surface area contributed by atoms with Crippen molar-refractivity contribution >= 4 is 5.82 Å². The number of anilines is 1. The van der Waals surface area contributed by atoms with Gasteiger partial charge in [0.05, 0.1) is 12.1 Å². The summed E-state index contributed by atoms with van der Waals surface area (Å²) in [5, 5.41) is 19.5. The first kappa shape index (κ1) is 8.93. The highest BCUT2D eigenvalue weighted by Gasteiger charge is 2.15. The van der Waals surface area contributed by atoms with Gasteiger partial charge in [0.1, 0.15) is 5.82 Å². The second-order valence-electron chi connectivity index (χ2n) is 3.28. The molecule has 1 heterocycles. The second-order valence-corrected chi connectivity index (χ2v) is 3.28. The SMILES string of the molecule is CC(C)(CO)Nc1cccnn1. The van der Waals surface area contributed by atoms with Gasteiger partial charge in [0.15, 0.2) is 0 Å². The van der Waals surface area contributed by atoms with Gasteiger partial charge in [0.2, 0.25) is 0 Å². The molecule has 12 heavy (non-hydrogen) atoms. The van der Waals surface area contributed by atoms with Crippen molar-refractivity contribution in [1.29, 1.82) is 0 Å². The van der Waals surface area contributed by atoms with Crippen LogP contribution >= 0.6 is 0 Å². The Bertz CT molecular complexity index is 235. The van der Waals surface area contributed by atoms with E-state index in [1.807, 2.05) is 19.9 Å². The first-order valence-electron chi connectivity index (χ1n) is 3.81. The molecule has 66 valence electrons. The number of nitrogens with one attached hydrogen (secondary N) is 1. The fourth-order valence-corrected chi connectivity index (χ4v) is 0.754. The van der Waals surface area contributed by atoms with Gasteiger partial charge in [0, 0.05) is 6.20 Å². The molecule has 2 N–H and O–H groups in total. The van der Waals surface area contributed by atoms with Crippen LogP contribution in [0.5, 0.6) is 0 Å². The molecule has 0 aromatic carbocycles. The molecule has 0 aliphatic carbocycles. The lowest BCUT2D eigenvalue weighted by molar-refractivity contribution is 0.234. The zero-order valence-electron chi connectivity index (χ0n) is 7.28. The number of aliphatic hydroxyl groups excluding tert-OH is 1. The molecule has 0 unspecified atom stereocenters. The molecule has 0 amide bonds. The summed E-state index contributed by atoms with van der Waals surface area (Å²) < 4.78 is 0. The van der Waals surface area contributed by atoms with Gasteiger partial charge in [-0.3, -0.25) is 0 Å². The number of hydrogen-bond acceptors (Lipinski definition) is 4. The third-order valence-electron chi connectivity index (χ3n) is 1.43. The number of nitrogens with zero attached hydrogens (tertiary/aromatic N) is 2. The summed E-state index contributed by atoms with van der Waals surface area (Å²) in [4.78, 5) is 0. The van der Waals surface area contributed by atoms with Crippen molar-refractivity contribution in [1.82, 2.24) is 10.2 Å². The van der Waals surface area contributed by atoms with Crippen LogP contribution in [-0.2, 0) is 0 Å². The van der Waals surface area contributed by atoms with Gasteiger partial charge in [-0.2, -0.15) is 5.10 Å². The van der Waals surface area contributed by atoms with Crippen LogP contribution in [0, 0.1) is 0 Å². The average molecular weight is 167 g/mol. The molecule has 0 bridgehead atoms. The molecule has 0 spiro atoms. The van der Waals surface area contributed by atoms with E-state index in [2.05, 4.69) is 15.5 Å². The quantitative estimate of drug-likeness (QED) is 0.694. The fourth-order valence-electron chi connectivity index (χ4n) is 0.754. The summed E-state index contributed by atoms with van der Waals surface area (Å²) >= 11 is 0. The molecular formula is C8H13N3O. The highest BCUT2D eigenvalue weighted by molar-refractivity contribution is 5.34. The normalized spacial score (nSPS) is 11.2. The van der Waals surface area contributed by atoms with Gasteiger partial charge in [-0.1, -0.05) is 0 Å². The van der Waals surface area contributed by atoms with E-state index in [1.54, 1.807) is 12.3 Å². The lowest BCUT2D eigenvalue weighted by Crippen LogP contribution is -2.35. The first-order chi connectivity index (χ1) is 5.64. The largest absolute Gasteiger partial charge is 0.394 e. The molecule has 4 nitrogen and oxygen atoms in total. The maximum atomic E-state index is 8.94. The van der Waals surface area contributed by atoms with Gasteiger partial charge in [-0.05, 0) is 26.0 Å². The number of aromatic nitrogens is 2. The van der Waals surface area contributed by atoms with Crippen LogP contribution in [0.3, 0.4) is 0 Å². The summed E-state index contributed by atoms with van der Waals surface area (Å²) in [6.45, 7) is 3.84. The first-order valence-corrected chi connectivity index (χ1v) is 3.81. The molecule has 0 atom stereocenters. The fraction of sp³-hybridized carbons (Fsp3) is 0.500. The van der Waals surface area contributed by atoms with Crippen molar-refractivity contribution in [2.24, 2.45) is 0 Å². The van der Waals surface area contributed by atoms with Gasteiger partial charge < -0.3 is 10.4 Å². The minimum Gasteiger partial charge on any atom is -0.394 e. The summed E-state index contributed by atoms with van der Waals surface area (Å²) in [6, 6.07) is 3.60. The van der Waals surface area contributed by atoms with Crippen molar-refractivity contribution < 1.29 is 5.11 Å². The second kappa shape index (κ2) is 3.49. The van der Waals surface area contributed by atoms with E-state index in [-0.39, 0.29) is 12.1 Å². The lowest BCUT2D eigenvalue weighted by atomic mass is 10.1. The standard InChI is InChI=1S/C8H13N3O/c1-8(2,6-12)10-7-4-3-5-9-11-7/h3-5,12H,6H2,1-2H3,(H,10,11). The molecule has 1 aromatic heterocycles. The Hall–Kier alpha value is -1.16. The Morgan fingerprint density at radius 3 is 2.83 bits per heavy atom. The van der Waals surface area contributed by atoms with Crippen LogP contribution in [-0.4, -0.2) is 27.4 Å². The van der Waals surface area contributed by atoms with Crippen molar-refractivity contribution in [2.45, 2.75) is 19.4 Å². The number of hydrogen-bond donors (Lipinski definition) is 2. The minimum atomic E-state index is -0.351. The van der Waals surface area contributed by atoms with Gasteiger partial charge in [0.25, 0.3) is 0 Å². The predicted octanol–water partition coefficient (Wildman–Crippen LogP) is 0.659. The molecule has 0 aliphatic rings. The highest BCUT2D eigenvalue weighted by Crippen LogP contribution is 2.09. The maximum Gasteiger partial charge on any atom is 0.149 e. The zero-order valence-corrected chi connectivity index (χ0v) is 7.28. The Kier molecular flexibility index (Phi) is 2.60. The van der Waals surface area contributed by atoms with E-state index >= 15 is 0 Å². The zero-order chi connectivity index (χ0) is 9.03. The van der Waals surface area contributed by atoms with Crippen molar-refractivity contribution in [3.63, 3.8) is 0 Å². The molecule has 0 radical (unpaired) electrons. The van der Waals surface area contributed by atoms with Crippen LogP contribution in [0.25, 0.3) is 0 Å². The van der Waals surface area contributed by atoms with E-state index in [0.717, 1.165) is 0 Å². The average Bonchev–Trinajstić information content (AvgIpc) is 2.06. The molecule has 0 aliphatic heterocycles. The van der Waals surface area contributed by atoms with Crippen molar-refractivity contribution in [2.75, 3.05) is 11.9 Å². The van der Waals surface area contributed by atoms with Gasteiger partial charge in [-0.15, -0.1) is 5.10 Å². The summed E-state index contributed by atoms with van der Waals surface area (Å²) in [5.74, 6) is 0.677. The molecule has 1 rings (SSSR count). The Morgan fingerprint density at radius 2 is 2.33 bits per heavy atom. The van der Waals surface area contributed by atoms with E-state index in [4.69, 9.17) is 5.11 Å². The van der Waals surface area contributed by atoms with E-state index in [0.29, 0.717) is 5.82 Å². The van der Waals surface area contributed by atoms with E-state index in [1.165, 1.54) is 0 Å². The lowest BCUT2D eigenvalue weighted by Gasteiger charge is -2.23. The third-order valence-corrected chi connectivity index (χ3v) is 1.43. The van der Waals surface area contributed by atoms with E-state index < -0.39 is 0 Å². The topological polar surface area (TPSA) is 58.0 Å². The van der Waals surface area contributed by atoms with Crippen molar-refractivity contribution in [3.8, 4) is 0 Å². The predicted molar refractivity (Wildman–Crippen MR) is 46.8 cm³/mol. The summed E-state index contributed by atoms with van der Waals surface area (Å²) in [7, 11) is 0. The Morgan fingerprint density at radius 1 is 1.58 bits per heavy atom. The minimum absolute atomic E-state index is 0.0591. The van der Waals surface area contributed by atoms with Crippen LogP contribution < -0.4 is 5.32 Å². The molecule has 4 heteroatoms. The van der Waals surface area contributed by atoms with E-state index in [9.17, 15) is 0 Å². The highest BCUT2D eigenvalue weighted by atomic mass is 16.3. The molecule has 0 saturated heterocycles.